The van der Waals surface area contributed by atoms with Crippen molar-refractivity contribution in [3.8, 4) is 5.75 Å². The third-order valence-corrected chi connectivity index (χ3v) is 2.71. The molecule has 0 radical (unpaired) electrons. The average molecular weight is 297 g/mol. The summed E-state index contributed by atoms with van der Waals surface area (Å²) in [5, 5.41) is 10.9. The van der Waals surface area contributed by atoms with Gasteiger partial charge in [0.15, 0.2) is 5.75 Å². The Morgan fingerprint density at radius 1 is 1.29 bits per heavy atom. The van der Waals surface area contributed by atoms with E-state index in [0.29, 0.717) is 13.2 Å². The molecule has 0 aromatic heterocycles. The van der Waals surface area contributed by atoms with E-state index >= 15 is 0 Å². The Bertz CT molecular complexity index is 488. The summed E-state index contributed by atoms with van der Waals surface area (Å²) in [6.07, 6.45) is 1.99. The molecule has 7 nitrogen and oxygen atoms in total. The zero-order valence-electron chi connectivity index (χ0n) is 12.2. The van der Waals surface area contributed by atoms with Crippen molar-refractivity contribution in [2.75, 3.05) is 26.9 Å². The van der Waals surface area contributed by atoms with E-state index in [1.807, 2.05) is 0 Å². The molecule has 0 bridgehead atoms. The molecule has 0 amide bonds. The van der Waals surface area contributed by atoms with Gasteiger partial charge in [0, 0.05) is 12.7 Å². The molecule has 0 unspecified atom stereocenters. The summed E-state index contributed by atoms with van der Waals surface area (Å²) in [4.78, 5) is 22.0. The molecule has 0 aliphatic carbocycles. The van der Waals surface area contributed by atoms with E-state index in [1.54, 1.807) is 0 Å². The highest BCUT2D eigenvalue weighted by Gasteiger charge is 2.18. The SMILES string of the molecule is CCCCOCCOC(=O)c1ccc(OC)c([N+](=O)[O-])c1. The fraction of sp³-hybridized carbons (Fsp3) is 0.500. The van der Waals surface area contributed by atoms with Crippen molar-refractivity contribution in [1.82, 2.24) is 0 Å². The van der Waals surface area contributed by atoms with Crippen LogP contribution in [0.4, 0.5) is 5.69 Å². The number of benzene rings is 1. The summed E-state index contributed by atoms with van der Waals surface area (Å²) in [6, 6.07) is 3.93. The number of hydrogen-bond acceptors (Lipinski definition) is 6. The van der Waals surface area contributed by atoms with Gasteiger partial charge >= 0.3 is 11.7 Å². The Morgan fingerprint density at radius 3 is 2.67 bits per heavy atom. The summed E-state index contributed by atoms with van der Waals surface area (Å²) in [5.41, 5.74) is -0.165. The largest absolute Gasteiger partial charge is 0.490 e. The molecule has 0 atom stereocenters. The molecule has 0 fully saturated rings. The van der Waals surface area contributed by atoms with Gasteiger partial charge < -0.3 is 14.2 Å². The highest BCUT2D eigenvalue weighted by molar-refractivity contribution is 5.90. The van der Waals surface area contributed by atoms with Crippen LogP contribution in [0.25, 0.3) is 0 Å². The number of carbonyl (C=O) groups excluding carboxylic acids is 1. The zero-order chi connectivity index (χ0) is 15.7. The standard InChI is InChI=1S/C14H19NO6/c1-3-4-7-20-8-9-21-14(16)11-5-6-13(19-2)12(10-11)15(17)18/h5-6,10H,3-4,7-9H2,1-2H3. The molecule has 0 aliphatic rings. The number of esters is 1. The maximum Gasteiger partial charge on any atom is 0.338 e. The predicted molar refractivity (Wildman–Crippen MR) is 75.7 cm³/mol. The Morgan fingerprint density at radius 2 is 2.05 bits per heavy atom. The monoisotopic (exact) mass is 297 g/mol. The average Bonchev–Trinajstić information content (AvgIpc) is 2.49. The van der Waals surface area contributed by atoms with Crippen LogP contribution in [0, 0.1) is 10.1 Å². The first-order valence-corrected chi connectivity index (χ1v) is 6.67. The van der Waals surface area contributed by atoms with Crippen molar-refractivity contribution < 1.29 is 23.9 Å². The number of unbranched alkanes of at least 4 members (excludes halogenated alkanes) is 1. The van der Waals surface area contributed by atoms with Crippen LogP contribution in [0.1, 0.15) is 30.1 Å². The molecule has 0 saturated heterocycles. The minimum atomic E-state index is -0.625. The molecule has 0 N–H and O–H groups in total. The van der Waals surface area contributed by atoms with E-state index in [-0.39, 0.29) is 23.6 Å². The molecular weight excluding hydrogens is 278 g/mol. The first-order valence-electron chi connectivity index (χ1n) is 6.67. The molecular formula is C14H19NO6. The molecule has 1 aromatic rings. The maximum atomic E-state index is 11.8. The molecule has 0 spiro atoms. The number of hydrogen-bond donors (Lipinski definition) is 0. The molecule has 1 rings (SSSR count). The van der Waals surface area contributed by atoms with Gasteiger partial charge in [-0.05, 0) is 18.6 Å². The molecule has 21 heavy (non-hydrogen) atoms. The fourth-order valence-electron chi connectivity index (χ4n) is 1.58. The first kappa shape index (κ1) is 16.9. The van der Waals surface area contributed by atoms with Gasteiger partial charge in [-0.1, -0.05) is 13.3 Å². The van der Waals surface area contributed by atoms with Gasteiger partial charge in [-0.3, -0.25) is 10.1 Å². The van der Waals surface area contributed by atoms with Crippen LogP contribution in [0.15, 0.2) is 18.2 Å². The van der Waals surface area contributed by atoms with Crippen LogP contribution in [0.3, 0.4) is 0 Å². The topological polar surface area (TPSA) is 87.9 Å². The number of nitrogens with zero attached hydrogens (tertiary/aromatic N) is 1. The van der Waals surface area contributed by atoms with Crippen molar-refractivity contribution in [2.45, 2.75) is 19.8 Å². The molecule has 0 aliphatic heterocycles. The Hall–Kier alpha value is -2.15. The van der Waals surface area contributed by atoms with Gasteiger partial charge in [0.25, 0.3) is 0 Å². The maximum absolute atomic E-state index is 11.8. The van der Waals surface area contributed by atoms with E-state index in [1.165, 1.54) is 19.2 Å². The van der Waals surface area contributed by atoms with Crippen molar-refractivity contribution in [1.29, 1.82) is 0 Å². The van der Waals surface area contributed by atoms with Gasteiger partial charge in [-0.2, -0.15) is 0 Å². The minimum Gasteiger partial charge on any atom is -0.490 e. The lowest BCUT2D eigenvalue weighted by molar-refractivity contribution is -0.385. The lowest BCUT2D eigenvalue weighted by atomic mass is 10.2. The zero-order valence-corrected chi connectivity index (χ0v) is 12.2. The number of methoxy groups -OCH3 is 1. The number of carbonyl (C=O) groups is 1. The third-order valence-electron chi connectivity index (χ3n) is 2.71. The van der Waals surface area contributed by atoms with Crippen LogP contribution in [-0.2, 0) is 9.47 Å². The summed E-state index contributed by atoms with van der Waals surface area (Å²) >= 11 is 0. The van der Waals surface area contributed by atoms with Crippen LogP contribution < -0.4 is 4.74 Å². The second kappa shape index (κ2) is 8.91. The van der Waals surface area contributed by atoms with Crippen molar-refractivity contribution in [2.24, 2.45) is 0 Å². The van der Waals surface area contributed by atoms with Gasteiger partial charge in [0.05, 0.1) is 24.2 Å². The highest BCUT2D eigenvalue weighted by atomic mass is 16.6. The van der Waals surface area contributed by atoms with Gasteiger partial charge in [-0.25, -0.2) is 4.79 Å². The smallest absolute Gasteiger partial charge is 0.338 e. The lowest BCUT2D eigenvalue weighted by Gasteiger charge is -2.07. The molecule has 116 valence electrons. The normalized spacial score (nSPS) is 10.2. The Labute approximate surface area is 123 Å². The van der Waals surface area contributed by atoms with Crippen LogP contribution in [0.2, 0.25) is 0 Å². The fourth-order valence-corrected chi connectivity index (χ4v) is 1.58. The van der Waals surface area contributed by atoms with Crippen molar-refractivity contribution in [3.63, 3.8) is 0 Å². The number of nitro benzene ring substituents is 1. The second-order valence-electron chi connectivity index (χ2n) is 4.25. The van der Waals surface area contributed by atoms with E-state index < -0.39 is 10.9 Å². The molecule has 0 heterocycles. The highest BCUT2D eigenvalue weighted by Crippen LogP contribution is 2.27. The number of rotatable bonds is 9. The molecule has 1 aromatic carbocycles. The summed E-state index contributed by atoms with van der Waals surface area (Å²) in [6.45, 7) is 3.11. The van der Waals surface area contributed by atoms with Gasteiger partial charge in [-0.15, -0.1) is 0 Å². The van der Waals surface area contributed by atoms with E-state index in [4.69, 9.17) is 14.2 Å². The van der Waals surface area contributed by atoms with E-state index in [2.05, 4.69) is 6.92 Å². The van der Waals surface area contributed by atoms with Crippen molar-refractivity contribution in [3.05, 3.63) is 33.9 Å². The van der Waals surface area contributed by atoms with E-state index in [0.717, 1.165) is 18.9 Å². The van der Waals surface area contributed by atoms with E-state index in [9.17, 15) is 14.9 Å². The quantitative estimate of drug-likeness (QED) is 0.301. The summed E-state index contributed by atoms with van der Waals surface area (Å²) < 4.78 is 15.1. The van der Waals surface area contributed by atoms with Crippen molar-refractivity contribution >= 4 is 11.7 Å². The predicted octanol–water partition coefficient (Wildman–Crippen LogP) is 2.58. The van der Waals surface area contributed by atoms with Gasteiger partial charge in [0.2, 0.25) is 0 Å². The van der Waals surface area contributed by atoms with Gasteiger partial charge in [0.1, 0.15) is 6.61 Å². The summed E-state index contributed by atoms with van der Waals surface area (Å²) in [5.74, 6) is -0.528. The Kier molecular flexibility index (Phi) is 7.17. The van der Waals surface area contributed by atoms with Crippen LogP contribution in [0.5, 0.6) is 5.75 Å². The minimum absolute atomic E-state index is 0.0967. The van der Waals surface area contributed by atoms with Crippen LogP contribution in [-0.4, -0.2) is 37.8 Å². The molecule has 7 heteroatoms. The first-order chi connectivity index (χ1) is 10.1. The number of ether oxygens (including phenoxy) is 3. The Balaban J connectivity index is 2.54. The summed E-state index contributed by atoms with van der Waals surface area (Å²) in [7, 11) is 1.33. The molecule has 0 saturated carbocycles. The van der Waals surface area contributed by atoms with Crippen LogP contribution >= 0.6 is 0 Å². The number of nitro groups is 1. The second-order valence-corrected chi connectivity index (χ2v) is 4.25. The third kappa shape index (κ3) is 5.39. The lowest BCUT2D eigenvalue weighted by Crippen LogP contribution is -2.11.